The number of primary amides is 1. The van der Waals surface area contributed by atoms with Gasteiger partial charge in [-0.25, -0.2) is 0 Å². The molecule has 0 aliphatic rings. The van der Waals surface area contributed by atoms with Gasteiger partial charge < -0.3 is 16.4 Å². The predicted octanol–water partition coefficient (Wildman–Crippen LogP) is 2.66. The highest BCUT2D eigenvalue weighted by Gasteiger charge is 2.09. The summed E-state index contributed by atoms with van der Waals surface area (Å²) in [6.45, 7) is 0.694. The minimum absolute atomic E-state index is 0.338. The van der Waals surface area contributed by atoms with Crippen LogP contribution in [0.3, 0.4) is 0 Å². The Hall–Kier alpha value is -2.20. The van der Waals surface area contributed by atoms with Crippen molar-refractivity contribution in [1.29, 1.82) is 0 Å². The van der Waals surface area contributed by atoms with Crippen molar-refractivity contribution >= 4 is 28.9 Å². The Kier molecular flexibility index (Phi) is 4.15. The van der Waals surface area contributed by atoms with Crippen LogP contribution in [0, 0.1) is 0 Å². The SMILES string of the molecule is CN(Cc1ccc(Cl)cc1)c1ccc(N)c(C(N)=O)c1. The first kappa shape index (κ1) is 14.2. The standard InChI is InChI=1S/C15H16ClN3O/c1-19(9-10-2-4-11(16)5-3-10)12-6-7-14(17)13(8-12)15(18)20/h2-8H,9,17H2,1H3,(H2,18,20). The highest BCUT2D eigenvalue weighted by atomic mass is 35.5. The Morgan fingerprint density at radius 2 is 1.85 bits per heavy atom. The minimum atomic E-state index is -0.524. The number of carbonyl (C=O) groups excluding carboxylic acids is 1. The molecule has 0 heterocycles. The molecule has 0 unspecified atom stereocenters. The Balaban J connectivity index is 2.20. The quantitative estimate of drug-likeness (QED) is 0.850. The zero-order valence-corrected chi connectivity index (χ0v) is 11.9. The molecule has 104 valence electrons. The Morgan fingerprint density at radius 3 is 2.45 bits per heavy atom. The number of nitrogens with two attached hydrogens (primary N) is 2. The van der Waals surface area contributed by atoms with Crippen molar-refractivity contribution in [1.82, 2.24) is 0 Å². The van der Waals surface area contributed by atoms with E-state index in [4.69, 9.17) is 23.1 Å². The fraction of sp³-hybridized carbons (Fsp3) is 0.133. The van der Waals surface area contributed by atoms with Gasteiger partial charge in [-0.1, -0.05) is 23.7 Å². The van der Waals surface area contributed by atoms with Crippen LogP contribution in [0.4, 0.5) is 11.4 Å². The summed E-state index contributed by atoms with van der Waals surface area (Å²) in [5.41, 5.74) is 13.8. The maximum atomic E-state index is 11.3. The van der Waals surface area contributed by atoms with E-state index in [1.807, 2.05) is 42.3 Å². The molecule has 2 aromatic carbocycles. The van der Waals surface area contributed by atoms with Crippen LogP contribution in [-0.4, -0.2) is 13.0 Å². The molecular weight excluding hydrogens is 274 g/mol. The second-order valence-electron chi connectivity index (χ2n) is 4.62. The summed E-state index contributed by atoms with van der Waals surface area (Å²) in [5.74, 6) is -0.524. The number of benzene rings is 2. The van der Waals surface area contributed by atoms with Crippen molar-refractivity contribution in [3.63, 3.8) is 0 Å². The zero-order valence-electron chi connectivity index (χ0n) is 11.1. The lowest BCUT2D eigenvalue weighted by atomic mass is 10.1. The van der Waals surface area contributed by atoms with Crippen LogP contribution in [0.1, 0.15) is 15.9 Å². The highest BCUT2D eigenvalue weighted by Crippen LogP contribution is 2.22. The second kappa shape index (κ2) is 5.84. The number of hydrogen-bond donors (Lipinski definition) is 2. The molecule has 0 saturated carbocycles. The molecule has 0 spiro atoms. The van der Waals surface area contributed by atoms with Gasteiger partial charge in [-0.15, -0.1) is 0 Å². The smallest absolute Gasteiger partial charge is 0.250 e. The number of rotatable bonds is 4. The first-order valence-electron chi connectivity index (χ1n) is 6.12. The molecule has 0 saturated heterocycles. The first-order valence-corrected chi connectivity index (χ1v) is 6.50. The van der Waals surface area contributed by atoms with E-state index in [0.717, 1.165) is 11.3 Å². The van der Waals surface area contributed by atoms with Crippen LogP contribution >= 0.6 is 11.6 Å². The molecule has 0 aliphatic heterocycles. The van der Waals surface area contributed by atoms with Crippen molar-refractivity contribution in [3.05, 3.63) is 58.6 Å². The Morgan fingerprint density at radius 1 is 1.20 bits per heavy atom. The fourth-order valence-corrected chi connectivity index (χ4v) is 2.08. The third kappa shape index (κ3) is 3.22. The number of anilines is 2. The topological polar surface area (TPSA) is 72.3 Å². The van der Waals surface area contributed by atoms with Gasteiger partial charge in [-0.05, 0) is 35.9 Å². The van der Waals surface area contributed by atoms with Gasteiger partial charge in [0.05, 0.1) is 5.56 Å². The van der Waals surface area contributed by atoms with Gasteiger partial charge >= 0.3 is 0 Å². The average molecular weight is 290 g/mol. The number of nitrogen functional groups attached to an aromatic ring is 1. The molecule has 5 heteroatoms. The summed E-state index contributed by atoms with van der Waals surface area (Å²) in [7, 11) is 1.94. The molecule has 0 aromatic heterocycles. The molecule has 1 amide bonds. The lowest BCUT2D eigenvalue weighted by molar-refractivity contribution is 0.100. The van der Waals surface area contributed by atoms with Crippen LogP contribution in [0.25, 0.3) is 0 Å². The van der Waals surface area contributed by atoms with Gasteiger partial charge in [0.1, 0.15) is 0 Å². The van der Waals surface area contributed by atoms with Crippen LogP contribution in [0.2, 0.25) is 5.02 Å². The van der Waals surface area contributed by atoms with E-state index >= 15 is 0 Å². The van der Waals surface area contributed by atoms with Crippen LogP contribution in [0.15, 0.2) is 42.5 Å². The van der Waals surface area contributed by atoms with Crippen molar-refractivity contribution in [3.8, 4) is 0 Å². The molecule has 0 radical (unpaired) electrons. The lowest BCUT2D eigenvalue weighted by Gasteiger charge is -2.20. The summed E-state index contributed by atoms with van der Waals surface area (Å²) in [6, 6.07) is 12.9. The average Bonchev–Trinajstić information content (AvgIpc) is 2.41. The van der Waals surface area contributed by atoms with Crippen molar-refractivity contribution < 1.29 is 4.79 Å². The predicted molar refractivity (Wildman–Crippen MR) is 82.9 cm³/mol. The van der Waals surface area contributed by atoms with Crippen molar-refractivity contribution in [2.24, 2.45) is 5.73 Å². The van der Waals surface area contributed by atoms with E-state index in [0.29, 0.717) is 22.8 Å². The van der Waals surface area contributed by atoms with Gasteiger partial charge in [0.15, 0.2) is 0 Å². The Labute approximate surface area is 122 Å². The number of amides is 1. The van der Waals surface area contributed by atoms with Crippen LogP contribution in [0.5, 0.6) is 0 Å². The molecule has 2 rings (SSSR count). The second-order valence-corrected chi connectivity index (χ2v) is 5.05. The summed E-state index contributed by atoms with van der Waals surface area (Å²) < 4.78 is 0. The van der Waals surface area contributed by atoms with E-state index in [9.17, 15) is 4.79 Å². The van der Waals surface area contributed by atoms with E-state index in [2.05, 4.69) is 0 Å². The van der Waals surface area contributed by atoms with E-state index in [1.54, 1.807) is 12.1 Å². The van der Waals surface area contributed by atoms with Gasteiger partial charge in [-0.3, -0.25) is 4.79 Å². The number of carbonyl (C=O) groups is 1. The van der Waals surface area contributed by atoms with Crippen LogP contribution < -0.4 is 16.4 Å². The normalized spacial score (nSPS) is 10.3. The largest absolute Gasteiger partial charge is 0.398 e. The van der Waals surface area contributed by atoms with E-state index in [1.165, 1.54) is 0 Å². The number of nitrogens with zero attached hydrogens (tertiary/aromatic N) is 1. The molecule has 0 atom stereocenters. The fourth-order valence-electron chi connectivity index (χ4n) is 1.95. The number of halogens is 1. The molecule has 0 bridgehead atoms. The van der Waals surface area contributed by atoms with E-state index in [-0.39, 0.29) is 0 Å². The maximum Gasteiger partial charge on any atom is 0.250 e. The van der Waals surface area contributed by atoms with Gasteiger partial charge in [0, 0.05) is 30.0 Å². The lowest BCUT2D eigenvalue weighted by Crippen LogP contribution is -2.19. The third-order valence-corrected chi connectivity index (χ3v) is 3.33. The molecular formula is C15H16ClN3O. The van der Waals surface area contributed by atoms with Gasteiger partial charge in [0.25, 0.3) is 5.91 Å². The molecule has 2 aromatic rings. The molecule has 4 N–H and O–H groups in total. The molecule has 0 fully saturated rings. The van der Waals surface area contributed by atoms with E-state index < -0.39 is 5.91 Å². The monoisotopic (exact) mass is 289 g/mol. The summed E-state index contributed by atoms with van der Waals surface area (Å²) in [6.07, 6.45) is 0. The highest BCUT2D eigenvalue weighted by molar-refractivity contribution is 6.30. The van der Waals surface area contributed by atoms with Gasteiger partial charge in [0.2, 0.25) is 0 Å². The maximum absolute atomic E-state index is 11.3. The third-order valence-electron chi connectivity index (χ3n) is 3.08. The number of hydrogen-bond acceptors (Lipinski definition) is 3. The van der Waals surface area contributed by atoms with Crippen molar-refractivity contribution in [2.75, 3.05) is 17.7 Å². The zero-order chi connectivity index (χ0) is 14.7. The molecule has 0 aliphatic carbocycles. The molecule has 20 heavy (non-hydrogen) atoms. The minimum Gasteiger partial charge on any atom is -0.398 e. The first-order chi connectivity index (χ1) is 9.47. The van der Waals surface area contributed by atoms with Crippen LogP contribution in [-0.2, 0) is 6.54 Å². The Bertz CT molecular complexity index is 626. The summed E-state index contributed by atoms with van der Waals surface area (Å²) in [4.78, 5) is 13.3. The summed E-state index contributed by atoms with van der Waals surface area (Å²) in [5, 5.41) is 0.708. The summed E-state index contributed by atoms with van der Waals surface area (Å²) >= 11 is 5.86. The van der Waals surface area contributed by atoms with Crippen molar-refractivity contribution in [2.45, 2.75) is 6.54 Å². The molecule has 4 nitrogen and oxygen atoms in total. The van der Waals surface area contributed by atoms with Gasteiger partial charge in [-0.2, -0.15) is 0 Å².